The van der Waals surface area contributed by atoms with Crippen LogP contribution in [-0.4, -0.2) is 18.6 Å². The predicted molar refractivity (Wildman–Crippen MR) is 79.6 cm³/mol. The maximum atomic E-state index is 12.2. The molecule has 0 saturated heterocycles. The first-order valence-corrected chi connectivity index (χ1v) is 8.38. The fraction of sp³-hybridized carbons (Fsp3) is 0.0769. The van der Waals surface area contributed by atoms with Gasteiger partial charge in [0.05, 0.1) is 0 Å². The number of nitrogens with one attached hydrogen (secondary N) is 1. The van der Waals surface area contributed by atoms with E-state index in [1.165, 1.54) is 0 Å². The minimum Gasteiger partial charge on any atom is -0.421 e. The lowest BCUT2D eigenvalue weighted by molar-refractivity contribution is 0.533. The normalized spacial score (nSPS) is 11.5. The van der Waals surface area contributed by atoms with Crippen LogP contribution in [0.4, 0.5) is 5.69 Å². The fourth-order valence-electron chi connectivity index (χ4n) is 1.75. The molecule has 0 saturated carbocycles. The molecule has 0 aliphatic heterocycles. The van der Waals surface area contributed by atoms with Crippen molar-refractivity contribution in [2.75, 3.05) is 4.72 Å². The Balaban J connectivity index is 1.91. The summed E-state index contributed by atoms with van der Waals surface area (Å²) >= 11 is 1.16. The summed E-state index contributed by atoms with van der Waals surface area (Å²) in [7, 11) is -3.56. The third-order valence-corrected chi connectivity index (χ3v) is 5.43. The third kappa shape index (κ3) is 2.96. The van der Waals surface area contributed by atoms with E-state index in [0.29, 0.717) is 23.0 Å². The zero-order valence-corrected chi connectivity index (χ0v) is 12.6. The molecule has 0 aliphatic carbocycles. The quantitative estimate of drug-likeness (QED) is 0.798. The number of anilines is 1. The van der Waals surface area contributed by atoms with E-state index in [1.54, 1.807) is 48.7 Å². The van der Waals surface area contributed by atoms with Crippen molar-refractivity contribution in [3.05, 3.63) is 47.7 Å². The number of rotatable bonds is 4. The highest BCUT2D eigenvalue weighted by atomic mass is 32.2. The summed E-state index contributed by atoms with van der Waals surface area (Å²) in [5, 5.41) is 9.38. The van der Waals surface area contributed by atoms with Gasteiger partial charge in [0.1, 0.15) is 4.21 Å². The Kier molecular flexibility index (Phi) is 3.48. The van der Waals surface area contributed by atoms with Crippen molar-refractivity contribution in [3.63, 3.8) is 0 Å². The molecule has 6 nitrogen and oxygen atoms in total. The highest BCUT2D eigenvalue weighted by Gasteiger charge is 2.16. The lowest BCUT2D eigenvalue weighted by Gasteiger charge is -2.06. The van der Waals surface area contributed by atoms with Crippen molar-refractivity contribution < 1.29 is 12.8 Å². The highest BCUT2D eigenvalue weighted by Crippen LogP contribution is 2.24. The van der Waals surface area contributed by atoms with Gasteiger partial charge in [-0.15, -0.1) is 21.5 Å². The third-order valence-electron chi connectivity index (χ3n) is 2.65. The van der Waals surface area contributed by atoms with Crippen LogP contribution >= 0.6 is 11.3 Å². The highest BCUT2D eigenvalue weighted by molar-refractivity contribution is 7.94. The van der Waals surface area contributed by atoms with Gasteiger partial charge in [-0.05, 0) is 29.6 Å². The fourth-order valence-corrected chi connectivity index (χ4v) is 3.79. The molecule has 0 aliphatic rings. The van der Waals surface area contributed by atoms with E-state index in [2.05, 4.69) is 14.9 Å². The van der Waals surface area contributed by atoms with Gasteiger partial charge in [0.2, 0.25) is 11.8 Å². The average molecular weight is 321 g/mol. The molecule has 0 fully saturated rings. The van der Waals surface area contributed by atoms with Gasteiger partial charge in [-0.25, -0.2) is 8.42 Å². The summed E-state index contributed by atoms with van der Waals surface area (Å²) in [6.07, 6.45) is 0. The molecule has 1 N–H and O–H groups in total. The molecular formula is C13H11N3O3S2. The Hall–Kier alpha value is -2.19. The second-order valence-electron chi connectivity index (χ2n) is 4.24. The molecule has 0 bridgehead atoms. The molecule has 3 aromatic rings. The van der Waals surface area contributed by atoms with E-state index in [9.17, 15) is 8.42 Å². The first kappa shape index (κ1) is 13.8. The molecule has 21 heavy (non-hydrogen) atoms. The first-order chi connectivity index (χ1) is 10.0. The van der Waals surface area contributed by atoms with Crippen LogP contribution in [0.2, 0.25) is 0 Å². The zero-order valence-electron chi connectivity index (χ0n) is 11.0. The van der Waals surface area contributed by atoms with Gasteiger partial charge >= 0.3 is 0 Å². The van der Waals surface area contributed by atoms with Crippen LogP contribution in [0.15, 0.2) is 50.4 Å². The maximum absolute atomic E-state index is 12.2. The van der Waals surface area contributed by atoms with Crippen LogP contribution in [-0.2, 0) is 10.0 Å². The zero-order chi connectivity index (χ0) is 14.9. The molecular weight excluding hydrogens is 310 g/mol. The van der Waals surface area contributed by atoms with Crippen molar-refractivity contribution in [1.29, 1.82) is 0 Å². The van der Waals surface area contributed by atoms with Crippen molar-refractivity contribution in [2.45, 2.75) is 11.1 Å². The van der Waals surface area contributed by atoms with Crippen LogP contribution in [0.1, 0.15) is 5.89 Å². The number of thiophene rings is 1. The number of aryl methyl sites for hydroxylation is 1. The minimum atomic E-state index is -3.56. The SMILES string of the molecule is Cc1nnc(-c2cccc(NS(=O)(=O)c3cccs3)c2)o1. The summed E-state index contributed by atoms with van der Waals surface area (Å²) in [4.78, 5) is 0. The Morgan fingerprint density at radius 3 is 2.71 bits per heavy atom. The van der Waals surface area contributed by atoms with Crippen molar-refractivity contribution >= 4 is 27.0 Å². The number of benzene rings is 1. The molecule has 0 spiro atoms. The molecule has 0 unspecified atom stereocenters. The lowest BCUT2D eigenvalue weighted by atomic mass is 10.2. The Bertz CT molecular complexity index is 854. The van der Waals surface area contributed by atoms with E-state index in [-0.39, 0.29) is 4.21 Å². The van der Waals surface area contributed by atoms with E-state index in [1.807, 2.05) is 0 Å². The van der Waals surface area contributed by atoms with E-state index in [4.69, 9.17) is 4.42 Å². The largest absolute Gasteiger partial charge is 0.421 e. The summed E-state index contributed by atoms with van der Waals surface area (Å²) in [5.74, 6) is 0.805. The molecule has 3 rings (SSSR count). The Morgan fingerprint density at radius 2 is 2.05 bits per heavy atom. The number of hydrogen-bond donors (Lipinski definition) is 1. The van der Waals surface area contributed by atoms with Gasteiger partial charge < -0.3 is 4.42 Å². The van der Waals surface area contributed by atoms with E-state index in [0.717, 1.165) is 11.3 Å². The minimum absolute atomic E-state index is 0.265. The van der Waals surface area contributed by atoms with Crippen LogP contribution < -0.4 is 4.72 Å². The van der Waals surface area contributed by atoms with Gasteiger partial charge in [-0.3, -0.25) is 4.72 Å². The average Bonchev–Trinajstić information content (AvgIpc) is 3.09. The second-order valence-corrected chi connectivity index (χ2v) is 7.10. The maximum Gasteiger partial charge on any atom is 0.271 e. The summed E-state index contributed by atoms with van der Waals surface area (Å²) in [6, 6.07) is 10.1. The molecule has 0 radical (unpaired) electrons. The Morgan fingerprint density at radius 1 is 1.19 bits per heavy atom. The molecule has 0 atom stereocenters. The van der Waals surface area contributed by atoms with Gasteiger partial charge in [0.25, 0.3) is 10.0 Å². The number of hydrogen-bond acceptors (Lipinski definition) is 6. The van der Waals surface area contributed by atoms with Crippen molar-refractivity contribution in [2.24, 2.45) is 0 Å². The molecule has 0 amide bonds. The Labute approximate surface area is 125 Å². The first-order valence-electron chi connectivity index (χ1n) is 6.01. The van der Waals surface area contributed by atoms with Gasteiger partial charge in [0.15, 0.2) is 0 Å². The molecule has 2 aromatic heterocycles. The molecule has 108 valence electrons. The number of nitrogens with zero attached hydrogens (tertiary/aromatic N) is 2. The number of aromatic nitrogens is 2. The summed E-state index contributed by atoms with van der Waals surface area (Å²) < 4.78 is 32.5. The lowest BCUT2D eigenvalue weighted by Crippen LogP contribution is -2.11. The van der Waals surface area contributed by atoms with Crippen molar-refractivity contribution in [1.82, 2.24) is 10.2 Å². The smallest absolute Gasteiger partial charge is 0.271 e. The molecule has 8 heteroatoms. The van der Waals surface area contributed by atoms with E-state index >= 15 is 0 Å². The van der Waals surface area contributed by atoms with Gasteiger partial charge in [0, 0.05) is 18.2 Å². The van der Waals surface area contributed by atoms with Crippen molar-refractivity contribution in [3.8, 4) is 11.5 Å². The summed E-state index contributed by atoms with van der Waals surface area (Å²) in [6.45, 7) is 1.69. The van der Waals surface area contributed by atoms with Crippen LogP contribution in [0.3, 0.4) is 0 Å². The second kappa shape index (κ2) is 5.30. The molecule has 2 heterocycles. The number of sulfonamides is 1. The van der Waals surface area contributed by atoms with Crippen LogP contribution in [0.5, 0.6) is 0 Å². The molecule has 1 aromatic carbocycles. The topological polar surface area (TPSA) is 85.1 Å². The standard InChI is InChI=1S/C13H11N3O3S2/c1-9-14-15-13(19-9)10-4-2-5-11(8-10)16-21(17,18)12-6-3-7-20-12/h2-8,16H,1H3. The van der Waals surface area contributed by atoms with Crippen LogP contribution in [0, 0.1) is 6.92 Å². The van der Waals surface area contributed by atoms with Crippen LogP contribution in [0.25, 0.3) is 11.5 Å². The van der Waals surface area contributed by atoms with E-state index < -0.39 is 10.0 Å². The predicted octanol–water partition coefficient (Wildman–Crippen LogP) is 2.91. The van der Waals surface area contributed by atoms with Gasteiger partial charge in [-0.1, -0.05) is 12.1 Å². The van der Waals surface area contributed by atoms with Gasteiger partial charge in [-0.2, -0.15) is 0 Å². The monoisotopic (exact) mass is 321 g/mol. The summed E-state index contributed by atoms with van der Waals surface area (Å²) in [5.41, 5.74) is 1.10.